The first-order valence-corrected chi connectivity index (χ1v) is 1.73. The maximum atomic E-state index is 3.64. The Hall–Kier alpha value is -0.265. The predicted octanol–water partition coefficient (Wildman–Crippen LogP) is 0.938. The van der Waals surface area contributed by atoms with Crippen LogP contribution in [-0.4, -0.2) is 13.6 Å². The molecule has 0 N–H and O–H groups in total. The van der Waals surface area contributed by atoms with E-state index in [0.717, 1.165) is 0 Å². The average Bonchev–Trinajstić information content (AvgIpc) is 1.38. The summed E-state index contributed by atoms with van der Waals surface area (Å²) >= 11 is 0. The van der Waals surface area contributed by atoms with E-state index in [4.69, 9.17) is 0 Å². The van der Waals surface area contributed by atoms with Gasteiger partial charge in [-0.2, -0.15) is 0 Å². The third kappa shape index (κ3) is 3.73. The van der Waals surface area contributed by atoms with Crippen LogP contribution >= 0.6 is 0 Å². The molecule has 0 aliphatic carbocycles. The Morgan fingerprint density at radius 1 is 1.60 bits per heavy atom. The van der Waals surface area contributed by atoms with Crippen molar-refractivity contribution in [1.29, 1.82) is 0 Å². The minimum absolute atomic E-state index is 0.398. The molecule has 0 aromatic rings. The molecular weight excluding hydrogens is 60.9 g/mol. The van der Waals surface area contributed by atoms with Crippen molar-refractivity contribution in [2.75, 3.05) is 0 Å². The molecule has 0 rings (SSSR count). The summed E-state index contributed by atoms with van der Waals surface area (Å²) in [6, 6.07) is 0. The first-order chi connectivity index (χ1) is 2.27. The van der Waals surface area contributed by atoms with E-state index in [1.807, 2.05) is 13.6 Å². The molecule has 0 aromatic carbocycles. The molecule has 28 valence electrons. The fourth-order valence-corrected chi connectivity index (χ4v) is 0. The fraction of sp³-hybridized carbons (Fsp3) is 0.667. The maximum Gasteiger partial charge on any atom is 0.272 e. The Bertz CT molecular complexity index is 33.9. The molecule has 0 aromatic heterocycles. The minimum Gasteiger partial charge on any atom is -0.357 e. The van der Waals surface area contributed by atoms with Gasteiger partial charge in [-0.3, -0.25) is 0 Å². The molecular formula is C3H8BN. The lowest BCUT2D eigenvalue weighted by molar-refractivity contribution is 1.75. The topological polar surface area (TPSA) is 12.4 Å². The van der Waals surface area contributed by atoms with Crippen LogP contribution in [0.5, 0.6) is 0 Å². The van der Waals surface area contributed by atoms with Gasteiger partial charge < -0.3 is 4.90 Å². The second kappa shape index (κ2) is 2.00. The van der Waals surface area contributed by atoms with Gasteiger partial charge in [0.25, 0.3) is 6.85 Å². The largest absolute Gasteiger partial charge is 0.357 e. The number of hydrogen-bond donors (Lipinski definition) is 0. The molecule has 0 unspecified atom stereocenters. The minimum atomic E-state index is 0.398. The highest BCUT2D eigenvalue weighted by Gasteiger charge is 1.84. The van der Waals surface area contributed by atoms with E-state index < -0.39 is 0 Å². The molecule has 2 heteroatoms. The molecule has 0 saturated heterocycles. The SMILES string of the molecule is C=NB(C)C. The van der Waals surface area contributed by atoms with Crippen molar-refractivity contribution < 1.29 is 0 Å². The molecule has 0 atom stereocenters. The van der Waals surface area contributed by atoms with E-state index in [1.165, 1.54) is 0 Å². The van der Waals surface area contributed by atoms with Gasteiger partial charge >= 0.3 is 0 Å². The molecule has 0 fully saturated rings. The zero-order chi connectivity index (χ0) is 4.28. The molecule has 1 nitrogen and oxygen atoms in total. The Morgan fingerprint density at radius 3 is 1.80 bits per heavy atom. The van der Waals surface area contributed by atoms with Crippen molar-refractivity contribution in [3.63, 3.8) is 0 Å². The van der Waals surface area contributed by atoms with E-state index in [-0.39, 0.29) is 0 Å². The van der Waals surface area contributed by atoms with E-state index in [2.05, 4.69) is 11.6 Å². The van der Waals surface area contributed by atoms with Crippen LogP contribution in [0.4, 0.5) is 0 Å². The number of nitrogens with zero attached hydrogens (tertiary/aromatic N) is 1. The molecule has 0 radical (unpaired) electrons. The van der Waals surface area contributed by atoms with Crippen LogP contribution in [0.25, 0.3) is 0 Å². The van der Waals surface area contributed by atoms with Crippen LogP contribution < -0.4 is 0 Å². The van der Waals surface area contributed by atoms with Gasteiger partial charge in [-0.05, 0) is 6.72 Å². The summed E-state index contributed by atoms with van der Waals surface area (Å²) in [5.41, 5.74) is 0. The lowest BCUT2D eigenvalue weighted by atomic mass is 9.70. The second-order valence-electron chi connectivity index (χ2n) is 1.28. The van der Waals surface area contributed by atoms with Crippen LogP contribution in [0.2, 0.25) is 13.6 Å². The normalized spacial score (nSPS) is 6.80. The van der Waals surface area contributed by atoms with Crippen molar-refractivity contribution in [1.82, 2.24) is 0 Å². The summed E-state index contributed by atoms with van der Waals surface area (Å²) < 4.78 is 0. The van der Waals surface area contributed by atoms with Gasteiger partial charge in [-0.15, -0.1) is 0 Å². The van der Waals surface area contributed by atoms with Gasteiger partial charge in [-0.25, -0.2) is 0 Å². The Labute approximate surface area is 33.2 Å². The summed E-state index contributed by atoms with van der Waals surface area (Å²) in [6.07, 6.45) is 0. The molecule has 0 bridgehead atoms. The van der Waals surface area contributed by atoms with Crippen molar-refractivity contribution in [2.24, 2.45) is 4.90 Å². The monoisotopic (exact) mass is 69.1 g/mol. The first-order valence-electron chi connectivity index (χ1n) is 1.73. The first kappa shape index (κ1) is 4.73. The summed E-state index contributed by atoms with van der Waals surface area (Å²) in [6.45, 7) is 7.69. The standard InChI is InChI=1S/C3H8BN/c1-4(2)5-3/h3H2,1-2H3. The van der Waals surface area contributed by atoms with E-state index >= 15 is 0 Å². The molecule has 0 amide bonds. The van der Waals surface area contributed by atoms with E-state index in [0.29, 0.717) is 6.85 Å². The maximum absolute atomic E-state index is 3.64. The Kier molecular flexibility index (Phi) is 1.90. The molecule has 0 aliphatic heterocycles. The molecule has 0 aliphatic rings. The van der Waals surface area contributed by atoms with Gasteiger partial charge in [0.1, 0.15) is 0 Å². The summed E-state index contributed by atoms with van der Waals surface area (Å²) in [5, 5.41) is 0. The highest BCUT2D eigenvalue weighted by molar-refractivity contribution is 6.54. The third-order valence-electron chi connectivity index (χ3n) is 0.365. The van der Waals surface area contributed by atoms with Gasteiger partial charge in [-0.1, -0.05) is 13.6 Å². The zero-order valence-corrected chi connectivity index (χ0v) is 3.73. The summed E-state index contributed by atoms with van der Waals surface area (Å²) in [5.74, 6) is 0. The van der Waals surface area contributed by atoms with Crippen molar-refractivity contribution >= 4 is 13.6 Å². The molecule has 0 heterocycles. The van der Waals surface area contributed by atoms with Crippen molar-refractivity contribution in [2.45, 2.75) is 13.6 Å². The smallest absolute Gasteiger partial charge is 0.272 e. The predicted molar refractivity (Wildman–Crippen MR) is 27.0 cm³/mol. The number of rotatable bonds is 1. The highest BCUT2D eigenvalue weighted by atomic mass is 14.5. The van der Waals surface area contributed by atoms with Crippen LogP contribution in [0.15, 0.2) is 4.90 Å². The molecule has 0 saturated carbocycles. The van der Waals surface area contributed by atoms with Gasteiger partial charge in [0.05, 0.1) is 0 Å². The van der Waals surface area contributed by atoms with Crippen LogP contribution in [-0.2, 0) is 0 Å². The van der Waals surface area contributed by atoms with Crippen LogP contribution in [0, 0.1) is 0 Å². The van der Waals surface area contributed by atoms with Gasteiger partial charge in [0.15, 0.2) is 0 Å². The molecule has 0 spiro atoms. The van der Waals surface area contributed by atoms with Crippen LogP contribution in [0.3, 0.4) is 0 Å². The zero-order valence-electron chi connectivity index (χ0n) is 3.73. The third-order valence-corrected chi connectivity index (χ3v) is 0.365. The lowest BCUT2D eigenvalue weighted by Gasteiger charge is -1.78. The molecule has 5 heavy (non-hydrogen) atoms. The average molecular weight is 68.9 g/mol. The summed E-state index contributed by atoms with van der Waals surface area (Å²) in [7, 11) is 0. The van der Waals surface area contributed by atoms with E-state index in [9.17, 15) is 0 Å². The van der Waals surface area contributed by atoms with Crippen LogP contribution in [0.1, 0.15) is 0 Å². The fourth-order valence-electron chi connectivity index (χ4n) is 0. The highest BCUT2D eigenvalue weighted by Crippen LogP contribution is 1.72. The second-order valence-corrected chi connectivity index (χ2v) is 1.28. The van der Waals surface area contributed by atoms with E-state index in [1.54, 1.807) is 0 Å². The Balaban J connectivity index is 2.83. The van der Waals surface area contributed by atoms with Crippen molar-refractivity contribution in [3.05, 3.63) is 0 Å². The van der Waals surface area contributed by atoms with Gasteiger partial charge in [0, 0.05) is 0 Å². The van der Waals surface area contributed by atoms with Gasteiger partial charge in [0.2, 0.25) is 0 Å². The quantitative estimate of drug-likeness (QED) is 0.321. The lowest BCUT2D eigenvalue weighted by Crippen LogP contribution is -1.89. The number of hydrogen-bond acceptors (Lipinski definition) is 1. The Morgan fingerprint density at radius 2 is 1.80 bits per heavy atom. The van der Waals surface area contributed by atoms with Crippen molar-refractivity contribution in [3.8, 4) is 0 Å². The summed E-state index contributed by atoms with van der Waals surface area (Å²) in [4.78, 5) is 3.64.